The summed E-state index contributed by atoms with van der Waals surface area (Å²) in [5.41, 5.74) is 0.671. The van der Waals surface area contributed by atoms with Crippen LogP contribution in [-0.4, -0.2) is 24.0 Å². The van der Waals surface area contributed by atoms with Crippen LogP contribution in [0, 0.1) is 5.41 Å². The summed E-state index contributed by atoms with van der Waals surface area (Å²) in [6.45, 7) is 4.39. The zero-order chi connectivity index (χ0) is 14.0. The first-order valence-electron chi connectivity index (χ1n) is 6.58. The fourth-order valence-corrected chi connectivity index (χ4v) is 2.84. The van der Waals surface area contributed by atoms with E-state index in [2.05, 4.69) is 29.5 Å². The van der Waals surface area contributed by atoms with Crippen molar-refractivity contribution in [2.24, 2.45) is 5.41 Å². The molecule has 4 nitrogen and oxygen atoms in total. The highest BCUT2D eigenvalue weighted by atomic mass is 35.5. The first-order chi connectivity index (χ1) is 8.94. The second-order valence-corrected chi connectivity index (χ2v) is 6.12. The number of pyridine rings is 1. The molecule has 1 fully saturated rings. The Bertz CT molecular complexity index is 488. The van der Waals surface area contributed by atoms with Gasteiger partial charge in [-0.25, -0.2) is 4.98 Å². The highest BCUT2D eigenvalue weighted by Gasteiger charge is 2.35. The Morgan fingerprint density at radius 3 is 2.79 bits per heavy atom. The first kappa shape index (κ1) is 14.1. The Morgan fingerprint density at radius 1 is 1.53 bits per heavy atom. The second kappa shape index (κ2) is 5.37. The van der Waals surface area contributed by atoms with E-state index in [4.69, 9.17) is 11.6 Å². The number of nitrogens with one attached hydrogen (secondary N) is 2. The van der Waals surface area contributed by atoms with Gasteiger partial charge >= 0.3 is 0 Å². The van der Waals surface area contributed by atoms with Crippen molar-refractivity contribution in [3.8, 4) is 0 Å². The van der Waals surface area contributed by atoms with Gasteiger partial charge in [0.25, 0.3) is 5.91 Å². The van der Waals surface area contributed by atoms with Gasteiger partial charge in [-0.15, -0.1) is 0 Å². The molecule has 2 rings (SSSR count). The second-order valence-electron chi connectivity index (χ2n) is 5.71. The first-order valence-corrected chi connectivity index (χ1v) is 6.96. The van der Waals surface area contributed by atoms with E-state index in [9.17, 15) is 4.79 Å². The molecule has 1 heterocycles. The van der Waals surface area contributed by atoms with Gasteiger partial charge in [0.05, 0.1) is 10.6 Å². The molecule has 2 N–H and O–H groups in total. The van der Waals surface area contributed by atoms with E-state index in [0.29, 0.717) is 16.4 Å². The lowest BCUT2D eigenvalue weighted by Crippen LogP contribution is -2.41. The quantitative estimate of drug-likeness (QED) is 0.895. The third-order valence-corrected chi connectivity index (χ3v) is 4.19. The summed E-state index contributed by atoms with van der Waals surface area (Å²) < 4.78 is 0. The molecular weight excluding hydrogens is 262 g/mol. The summed E-state index contributed by atoms with van der Waals surface area (Å²) in [5.74, 6) is 0.483. The smallest absolute Gasteiger partial charge is 0.253 e. The van der Waals surface area contributed by atoms with Gasteiger partial charge in [-0.3, -0.25) is 4.79 Å². The minimum absolute atomic E-state index is 0.1000. The van der Waals surface area contributed by atoms with E-state index in [0.717, 1.165) is 19.3 Å². The number of hydrogen-bond donors (Lipinski definition) is 2. The molecule has 1 aromatic rings. The Kier molecular flexibility index (Phi) is 3.99. The molecule has 104 valence electrons. The van der Waals surface area contributed by atoms with Crippen molar-refractivity contribution in [3.63, 3.8) is 0 Å². The molecule has 5 heteroatoms. The number of amides is 1. The normalized spacial score (nSPS) is 21.2. The van der Waals surface area contributed by atoms with Crippen molar-refractivity contribution in [2.45, 2.75) is 39.2 Å². The predicted molar refractivity (Wildman–Crippen MR) is 77.7 cm³/mol. The van der Waals surface area contributed by atoms with Crippen molar-refractivity contribution >= 4 is 23.3 Å². The minimum Gasteiger partial charge on any atom is -0.372 e. The molecule has 0 spiro atoms. The van der Waals surface area contributed by atoms with Gasteiger partial charge in [-0.2, -0.15) is 0 Å². The molecule has 1 amide bonds. The number of aromatic nitrogens is 1. The number of rotatable bonds is 3. The molecular formula is C14H20ClN3O. The van der Waals surface area contributed by atoms with Crippen LogP contribution in [0.1, 0.15) is 43.5 Å². The SMILES string of the molecule is CNc1ncc(C(=O)NC2CCCC2(C)C)cc1Cl. The molecule has 1 aromatic heterocycles. The van der Waals surface area contributed by atoms with Crippen LogP contribution in [0.15, 0.2) is 12.3 Å². The highest BCUT2D eigenvalue weighted by Crippen LogP contribution is 2.37. The van der Waals surface area contributed by atoms with Gasteiger partial charge in [-0.05, 0) is 24.3 Å². The van der Waals surface area contributed by atoms with Gasteiger partial charge in [0.1, 0.15) is 5.82 Å². The maximum absolute atomic E-state index is 12.2. The lowest BCUT2D eigenvalue weighted by Gasteiger charge is -2.27. The van der Waals surface area contributed by atoms with Crippen LogP contribution in [-0.2, 0) is 0 Å². The zero-order valence-corrected chi connectivity index (χ0v) is 12.3. The van der Waals surface area contributed by atoms with Crippen LogP contribution in [0.5, 0.6) is 0 Å². The number of carbonyl (C=O) groups excluding carboxylic acids is 1. The summed E-state index contributed by atoms with van der Waals surface area (Å²) in [7, 11) is 1.75. The third-order valence-electron chi connectivity index (χ3n) is 3.90. The number of hydrogen-bond acceptors (Lipinski definition) is 3. The number of anilines is 1. The van der Waals surface area contributed by atoms with Crippen molar-refractivity contribution in [3.05, 3.63) is 22.8 Å². The number of halogens is 1. The fraction of sp³-hybridized carbons (Fsp3) is 0.571. The van der Waals surface area contributed by atoms with E-state index >= 15 is 0 Å². The molecule has 0 saturated heterocycles. The molecule has 1 aliphatic carbocycles. The molecule has 0 aliphatic heterocycles. The zero-order valence-electron chi connectivity index (χ0n) is 11.6. The van der Waals surface area contributed by atoms with Crippen LogP contribution in [0.3, 0.4) is 0 Å². The average molecular weight is 282 g/mol. The van der Waals surface area contributed by atoms with Crippen LogP contribution in [0.2, 0.25) is 5.02 Å². The summed E-state index contributed by atoms with van der Waals surface area (Å²) in [4.78, 5) is 16.3. The standard InChI is InChI=1S/C14H20ClN3O/c1-14(2)6-4-5-11(14)18-13(19)9-7-10(15)12(16-3)17-8-9/h7-8,11H,4-6H2,1-3H3,(H,16,17)(H,18,19). The summed E-state index contributed by atoms with van der Waals surface area (Å²) in [5, 5.41) is 6.42. The van der Waals surface area contributed by atoms with Crippen LogP contribution < -0.4 is 10.6 Å². The Morgan fingerprint density at radius 2 is 2.26 bits per heavy atom. The van der Waals surface area contributed by atoms with E-state index in [1.54, 1.807) is 19.3 Å². The van der Waals surface area contributed by atoms with E-state index in [-0.39, 0.29) is 17.4 Å². The third kappa shape index (κ3) is 3.00. The van der Waals surface area contributed by atoms with Crippen LogP contribution in [0.4, 0.5) is 5.82 Å². The van der Waals surface area contributed by atoms with Crippen LogP contribution in [0.25, 0.3) is 0 Å². The molecule has 0 radical (unpaired) electrons. The van der Waals surface area contributed by atoms with Gasteiger partial charge in [0.15, 0.2) is 0 Å². The molecule has 1 saturated carbocycles. The largest absolute Gasteiger partial charge is 0.372 e. The Labute approximate surface area is 118 Å². The van der Waals surface area contributed by atoms with E-state index < -0.39 is 0 Å². The Hall–Kier alpha value is -1.29. The topological polar surface area (TPSA) is 54.0 Å². The van der Waals surface area contributed by atoms with Gasteiger partial charge in [-0.1, -0.05) is 31.9 Å². The monoisotopic (exact) mass is 281 g/mol. The fourth-order valence-electron chi connectivity index (χ4n) is 2.58. The molecule has 1 unspecified atom stereocenters. The molecule has 19 heavy (non-hydrogen) atoms. The summed E-state index contributed by atoms with van der Waals surface area (Å²) in [6, 6.07) is 1.88. The van der Waals surface area contributed by atoms with Crippen molar-refractivity contribution in [2.75, 3.05) is 12.4 Å². The van der Waals surface area contributed by atoms with Crippen LogP contribution >= 0.6 is 11.6 Å². The molecule has 0 aromatic carbocycles. The molecule has 1 atom stereocenters. The lowest BCUT2D eigenvalue weighted by molar-refractivity contribution is 0.0909. The lowest BCUT2D eigenvalue weighted by atomic mass is 9.87. The maximum Gasteiger partial charge on any atom is 0.253 e. The predicted octanol–water partition coefficient (Wildman–Crippen LogP) is 3.09. The van der Waals surface area contributed by atoms with Crippen molar-refractivity contribution in [1.82, 2.24) is 10.3 Å². The van der Waals surface area contributed by atoms with Gasteiger partial charge < -0.3 is 10.6 Å². The maximum atomic E-state index is 12.2. The highest BCUT2D eigenvalue weighted by molar-refractivity contribution is 6.33. The van der Waals surface area contributed by atoms with Crippen molar-refractivity contribution in [1.29, 1.82) is 0 Å². The van der Waals surface area contributed by atoms with Crippen molar-refractivity contribution < 1.29 is 4.79 Å². The number of nitrogens with zero attached hydrogens (tertiary/aromatic N) is 1. The van der Waals surface area contributed by atoms with Gasteiger partial charge in [0, 0.05) is 19.3 Å². The number of carbonyl (C=O) groups is 1. The summed E-state index contributed by atoms with van der Waals surface area (Å²) in [6.07, 6.45) is 4.90. The molecule has 1 aliphatic rings. The molecule has 0 bridgehead atoms. The summed E-state index contributed by atoms with van der Waals surface area (Å²) >= 11 is 6.04. The van der Waals surface area contributed by atoms with E-state index in [1.165, 1.54) is 0 Å². The van der Waals surface area contributed by atoms with Gasteiger partial charge in [0.2, 0.25) is 0 Å². The minimum atomic E-state index is -0.1000. The van der Waals surface area contributed by atoms with E-state index in [1.807, 2.05) is 0 Å². The Balaban J connectivity index is 2.10. The average Bonchev–Trinajstić information content (AvgIpc) is 2.68.